The first kappa shape index (κ1) is 17.3. The number of hydrogen-bond acceptors (Lipinski definition) is 6. The molecule has 0 aliphatic carbocycles. The quantitative estimate of drug-likeness (QED) is 0.853. The van der Waals surface area contributed by atoms with Gasteiger partial charge >= 0.3 is 0 Å². The number of aryl methyl sites for hydroxylation is 1. The van der Waals surface area contributed by atoms with Crippen LogP contribution in [0.15, 0.2) is 24.5 Å². The molecule has 1 saturated heterocycles. The topological polar surface area (TPSA) is 93.2 Å². The zero-order valence-corrected chi connectivity index (χ0v) is 14.5. The molecule has 2 aromatic heterocycles. The Hall–Kier alpha value is -2.48. The highest BCUT2D eigenvalue weighted by atomic mass is 16.5. The molecule has 8 nitrogen and oxygen atoms in total. The summed E-state index contributed by atoms with van der Waals surface area (Å²) < 4.78 is 11.4. The van der Waals surface area contributed by atoms with E-state index in [0.717, 1.165) is 18.7 Å². The second-order valence-corrected chi connectivity index (χ2v) is 5.98. The first-order valence-corrected chi connectivity index (χ1v) is 8.55. The van der Waals surface area contributed by atoms with Gasteiger partial charge in [0.25, 0.3) is 5.91 Å². The molecule has 1 N–H and O–H groups in total. The van der Waals surface area contributed by atoms with Crippen LogP contribution in [0.1, 0.15) is 38.0 Å². The predicted molar refractivity (Wildman–Crippen MR) is 90.0 cm³/mol. The average molecular weight is 345 g/mol. The minimum atomic E-state index is -0.592. The van der Waals surface area contributed by atoms with Crippen molar-refractivity contribution in [2.24, 2.45) is 0 Å². The standard InChI is InChI=1S/C17H23N5O3/c1-3-5-15-19-16(21-20-15)14-11-22(8-9-24-14)17(23)12(2)25-13-6-4-7-18-10-13/h4,6-7,10,12,14H,3,5,8-9,11H2,1-2H3,(H,19,20,21). The van der Waals surface area contributed by atoms with E-state index in [9.17, 15) is 4.79 Å². The van der Waals surface area contributed by atoms with Gasteiger partial charge in [-0.1, -0.05) is 6.92 Å². The maximum atomic E-state index is 12.7. The maximum Gasteiger partial charge on any atom is 0.263 e. The lowest BCUT2D eigenvalue weighted by molar-refractivity contribution is -0.146. The number of aromatic amines is 1. The van der Waals surface area contributed by atoms with E-state index in [1.807, 2.05) is 0 Å². The molecular formula is C17H23N5O3. The summed E-state index contributed by atoms with van der Waals surface area (Å²) in [5.74, 6) is 1.94. The van der Waals surface area contributed by atoms with E-state index < -0.39 is 6.10 Å². The van der Waals surface area contributed by atoms with Crippen LogP contribution in [-0.4, -0.2) is 56.8 Å². The van der Waals surface area contributed by atoms with Gasteiger partial charge in [0.05, 0.1) is 19.3 Å². The van der Waals surface area contributed by atoms with Gasteiger partial charge < -0.3 is 14.4 Å². The molecule has 2 aromatic rings. The summed E-state index contributed by atoms with van der Waals surface area (Å²) in [4.78, 5) is 22.9. The Balaban J connectivity index is 1.60. The Morgan fingerprint density at radius 2 is 2.44 bits per heavy atom. The molecule has 2 atom stereocenters. The van der Waals surface area contributed by atoms with E-state index in [2.05, 4.69) is 27.1 Å². The van der Waals surface area contributed by atoms with Crippen LogP contribution in [-0.2, 0) is 16.0 Å². The summed E-state index contributed by atoms with van der Waals surface area (Å²) in [5, 5.41) is 7.15. The van der Waals surface area contributed by atoms with Crippen molar-refractivity contribution in [3.63, 3.8) is 0 Å². The van der Waals surface area contributed by atoms with Crippen molar-refractivity contribution in [1.82, 2.24) is 25.1 Å². The van der Waals surface area contributed by atoms with Crippen LogP contribution in [0, 0.1) is 0 Å². The summed E-state index contributed by atoms with van der Waals surface area (Å²) in [6.07, 6.45) is 4.19. The number of nitrogens with one attached hydrogen (secondary N) is 1. The highest BCUT2D eigenvalue weighted by Gasteiger charge is 2.31. The van der Waals surface area contributed by atoms with Crippen LogP contribution in [0.3, 0.4) is 0 Å². The van der Waals surface area contributed by atoms with Gasteiger partial charge in [-0.25, -0.2) is 4.98 Å². The normalized spacial score (nSPS) is 18.8. The molecule has 25 heavy (non-hydrogen) atoms. The number of carbonyl (C=O) groups is 1. The Morgan fingerprint density at radius 1 is 1.56 bits per heavy atom. The number of hydrogen-bond donors (Lipinski definition) is 1. The number of H-pyrrole nitrogens is 1. The van der Waals surface area contributed by atoms with Crippen LogP contribution in [0.5, 0.6) is 5.75 Å². The lowest BCUT2D eigenvalue weighted by Crippen LogP contribution is -2.47. The van der Waals surface area contributed by atoms with Crippen molar-refractivity contribution in [1.29, 1.82) is 0 Å². The Labute approximate surface area is 146 Å². The smallest absolute Gasteiger partial charge is 0.263 e. The largest absolute Gasteiger partial charge is 0.479 e. The fraction of sp³-hybridized carbons (Fsp3) is 0.529. The maximum absolute atomic E-state index is 12.7. The van der Waals surface area contributed by atoms with Gasteiger partial charge in [-0.2, -0.15) is 5.10 Å². The van der Waals surface area contributed by atoms with E-state index >= 15 is 0 Å². The van der Waals surface area contributed by atoms with Crippen LogP contribution in [0.2, 0.25) is 0 Å². The first-order chi connectivity index (χ1) is 12.2. The molecule has 0 radical (unpaired) electrons. The Bertz CT molecular complexity index is 691. The summed E-state index contributed by atoms with van der Waals surface area (Å²) in [6.45, 7) is 5.23. The number of nitrogens with zero attached hydrogens (tertiary/aromatic N) is 4. The van der Waals surface area contributed by atoms with E-state index in [0.29, 0.717) is 31.3 Å². The summed E-state index contributed by atoms with van der Waals surface area (Å²) >= 11 is 0. The van der Waals surface area contributed by atoms with Crippen molar-refractivity contribution < 1.29 is 14.3 Å². The Kier molecular flexibility index (Phi) is 5.60. The van der Waals surface area contributed by atoms with E-state index in [1.165, 1.54) is 0 Å². The first-order valence-electron chi connectivity index (χ1n) is 8.55. The second-order valence-electron chi connectivity index (χ2n) is 5.98. The number of ether oxygens (including phenoxy) is 2. The van der Waals surface area contributed by atoms with Gasteiger partial charge in [0.15, 0.2) is 11.9 Å². The number of carbonyl (C=O) groups excluding carboxylic acids is 1. The van der Waals surface area contributed by atoms with Crippen LogP contribution in [0.4, 0.5) is 0 Å². The van der Waals surface area contributed by atoms with Crippen molar-refractivity contribution >= 4 is 5.91 Å². The lowest BCUT2D eigenvalue weighted by atomic mass is 10.2. The molecular weight excluding hydrogens is 322 g/mol. The molecule has 1 aliphatic rings. The van der Waals surface area contributed by atoms with Gasteiger partial charge in [-0.05, 0) is 25.5 Å². The third-order valence-electron chi connectivity index (χ3n) is 4.00. The van der Waals surface area contributed by atoms with Crippen molar-refractivity contribution in [3.8, 4) is 5.75 Å². The van der Waals surface area contributed by atoms with Crippen LogP contribution in [0.25, 0.3) is 0 Å². The highest BCUT2D eigenvalue weighted by molar-refractivity contribution is 5.81. The number of pyridine rings is 1. The average Bonchev–Trinajstić information content (AvgIpc) is 3.11. The van der Waals surface area contributed by atoms with Gasteiger partial charge in [0.2, 0.25) is 0 Å². The molecule has 0 aromatic carbocycles. The molecule has 2 unspecified atom stereocenters. The fourth-order valence-electron chi connectivity index (χ4n) is 2.74. The summed E-state index contributed by atoms with van der Waals surface area (Å²) in [7, 11) is 0. The third-order valence-corrected chi connectivity index (χ3v) is 4.00. The Morgan fingerprint density at radius 3 is 3.20 bits per heavy atom. The minimum Gasteiger partial charge on any atom is -0.479 e. The molecule has 8 heteroatoms. The highest BCUT2D eigenvalue weighted by Crippen LogP contribution is 2.20. The molecule has 134 valence electrons. The molecule has 1 aliphatic heterocycles. The van der Waals surface area contributed by atoms with Crippen LogP contribution < -0.4 is 4.74 Å². The molecule has 0 spiro atoms. The molecule has 0 saturated carbocycles. The SMILES string of the molecule is CCCc1nc(C2CN(C(=O)C(C)Oc3cccnc3)CCO2)n[nH]1. The van der Waals surface area contributed by atoms with Crippen molar-refractivity contribution in [3.05, 3.63) is 36.2 Å². The molecule has 0 bridgehead atoms. The van der Waals surface area contributed by atoms with Crippen molar-refractivity contribution in [2.45, 2.75) is 38.9 Å². The second kappa shape index (κ2) is 8.06. The third kappa shape index (κ3) is 4.33. The minimum absolute atomic E-state index is 0.0820. The summed E-state index contributed by atoms with van der Waals surface area (Å²) in [5.41, 5.74) is 0. The number of aromatic nitrogens is 4. The zero-order valence-electron chi connectivity index (χ0n) is 14.5. The van der Waals surface area contributed by atoms with Gasteiger partial charge in [-0.3, -0.25) is 14.9 Å². The predicted octanol–water partition coefficient (Wildman–Crippen LogP) is 1.52. The summed E-state index contributed by atoms with van der Waals surface area (Å²) in [6, 6.07) is 3.55. The number of amides is 1. The number of rotatable bonds is 6. The van der Waals surface area contributed by atoms with Gasteiger partial charge in [-0.15, -0.1) is 0 Å². The lowest BCUT2D eigenvalue weighted by Gasteiger charge is -2.33. The molecule has 1 fully saturated rings. The fourth-order valence-corrected chi connectivity index (χ4v) is 2.74. The molecule has 3 heterocycles. The van der Waals surface area contributed by atoms with Crippen LogP contribution >= 0.6 is 0 Å². The van der Waals surface area contributed by atoms with Gasteiger partial charge in [0.1, 0.15) is 17.7 Å². The monoisotopic (exact) mass is 345 g/mol. The van der Waals surface area contributed by atoms with Gasteiger partial charge in [0, 0.05) is 19.2 Å². The zero-order chi connectivity index (χ0) is 17.6. The van der Waals surface area contributed by atoms with E-state index in [4.69, 9.17) is 9.47 Å². The molecule has 1 amide bonds. The number of morpholine rings is 1. The van der Waals surface area contributed by atoms with E-state index in [-0.39, 0.29) is 12.0 Å². The van der Waals surface area contributed by atoms with E-state index in [1.54, 1.807) is 36.4 Å². The van der Waals surface area contributed by atoms with Crippen molar-refractivity contribution in [2.75, 3.05) is 19.7 Å². The molecule has 3 rings (SSSR count).